The van der Waals surface area contributed by atoms with Crippen molar-refractivity contribution >= 4 is 11.6 Å². The molecule has 1 unspecified atom stereocenters. The van der Waals surface area contributed by atoms with E-state index < -0.39 is 0 Å². The second kappa shape index (κ2) is 6.54. The summed E-state index contributed by atoms with van der Waals surface area (Å²) in [4.78, 5) is 14.7. The number of aromatic nitrogens is 2. The maximum atomic E-state index is 12.5. The minimum absolute atomic E-state index is 0.0343. The van der Waals surface area contributed by atoms with Crippen molar-refractivity contribution in [3.63, 3.8) is 0 Å². The largest absolute Gasteiger partial charge is 0.322 e. The quantitative estimate of drug-likeness (QED) is 0.944. The molecule has 0 radical (unpaired) electrons. The molecule has 1 aliphatic heterocycles. The van der Waals surface area contributed by atoms with Crippen molar-refractivity contribution < 1.29 is 4.79 Å². The summed E-state index contributed by atoms with van der Waals surface area (Å²) >= 11 is 0. The molecule has 1 fully saturated rings. The minimum Gasteiger partial charge on any atom is -0.322 e. The Morgan fingerprint density at radius 1 is 1.30 bits per heavy atom. The summed E-state index contributed by atoms with van der Waals surface area (Å²) in [5.41, 5.74) is 3.98. The lowest BCUT2D eigenvalue weighted by molar-refractivity contribution is -0.117. The molecule has 122 valence electrons. The summed E-state index contributed by atoms with van der Waals surface area (Å²) in [6, 6.07) is 10.8. The van der Waals surface area contributed by atoms with Crippen molar-refractivity contribution in [2.24, 2.45) is 7.05 Å². The van der Waals surface area contributed by atoms with Gasteiger partial charge in [-0.05, 0) is 38.8 Å². The first-order valence-corrected chi connectivity index (χ1v) is 8.15. The summed E-state index contributed by atoms with van der Waals surface area (Å²) < 4.78 is 1.80. The maximum absolute atomic E-state index is 12.5. The van der Waals surface area contributed by atoms with Crippen molar-refractivity contribution in [1.82, 2.24) is 14.7 Å². The lowest BCUT2D eigenvalue weighted by Gasteiger charge is -2.24. The molecule has 1 saturated heterocycles. The Balaban J connectivity index is 1.67. The van der Waals surface area contributed by atoms with E-state index in [2.05, 4.69) is 39.6 Å². The van der Waals surface area contributed by atoms with Crippen LogP contribution in [0.15, 0.2) is 30.3 Å². The zero-order valence-electron chi connectivity index (χ0n) is 14.0. The summed E-state index contributed by atoms with van der Waals surface area (Å²) in [6.07, 6.45) is 2.25. The summed E-state index contributed by atoms with van der Waals surface area (Å²) in [6.45, 7) is 5.29. The van der Waals surface area contributed by atoms with Crippen LogP contribution >= 0.6 is 0 Å². The van der Waals surface area contributed by atoms with Gasteiger partial charge in [-0.2, -0.15) is 5.10 Å². The zero-order valence-corrected chi connectivity index (χ0v) is 14.0. The van der Waals surface area contributed by atoms with Crippen LogP contribution < -0.4 is 5.32 Å². The number of amides is 1. The normalized spacial score (nSPS) is 18.3. The van der Waals surface area contributed by atoms with Gasteiger partial charge in [-0.1, -0.05) is 30.3 Å². The van der Waals surface area contributed by atoms with Gasteiger partial charge in [0.25, 0.3) is 0 Å². The first-order chi connectivity index (χ1) is 11.1. The standard InChI is InChI=1S/C18H24N4O/c1-13-18(14(2)21(3)20-13)19-17(23)12-22-11-7-10-16(22)15-8-5-4-6-9-15/h4-6,8-9,16H,7,10-12H2,1-3H3,(H,19,23). The average molecular weight is 312 g/mol. The predicted octanol–water partition coefficient (Wildman–Crippen LogP) is 2.81. The monoisotopic (exact) mass is 312 g/mol. The Morgan fingerprint density at radius 3 is 2.70 bits per heavy atom. The Morgan fingerprint density at radius 2 is 2.04 bits per heavy atom. The molecule has 1 aromatic carbocycles. The number of anilines is 1. The highest BCUT2D eigenvalue weighted by atomic mass is 16.2. The molecule has 2 aromatic rings. The van der Waals surface area contributed by atoms with Gasteiger partial charge in [-0.25, -0.2) is 0 Å². The van der Waals surface area contributed by atoms with Crippen molar-refractivity contribution in [3.05, 3.63) is 47.3 Å². The number of hydrogen-bond donors (Lipinski definition) is 1. The second-order valence-electron chi connectivity index (χ2n) is 6.26. The molecule has 5 heteroatoms. The molecule has 0 bridgehead atoms. The number of nitrogens with zero attached hydrogens (tertiary/aromatic N) is 3. The lowest BCUT2D eigenvalue weighted by atomic mass is 10.0. The molecule has 5 nitrogen and oxygen atoms in total. The SMILES string of the molecule is Cc1nn(C)c(C)c1NC(=O)CN1CCCC1c1ccccc1. The third kappa shape index (κ3) is 3.29. The molecular formula is C18H24N4O. The minimum atomic E-state index is 0.0343. The van der Waals surface area contributed by atoms with Crippen molar-refractivity contribution in [2.75, 3.05) is 18.4 Å². The number of rotatable bonds is 4. The molecular weight excluding hydrogens is 288 g/mol. The van der Waals surface area contributed by atoms with E-state index in [1.807, 2.05) is 27.0 Å². The molecule has 0 aliphatic carbocycles. The van der Waals surface area contributed by atoms with Crippen LogP contribution in [0, 0.1) is 13.8 Å². The van der Waals surface area contributed by atoms with Crippen molar-refractivity contribution in [2.45, 2.75) is 32.7 Å². The fourth-order valence-corrected chi connectivity index (χ4v) is 3.39. The number of benzene rings is 1. The van der Waals surface area contributed by atoms with E-state index in [0.717, 1.165) is 36.5 Å². The number of carbonyl (C=O) groups is 1. The number of hydrogen-bond acceptors (Lipinski definition) is 3. The topological polar surface area (TPSA) is 50.2 Å². The van der Waals surface area contributed by atoms with Gasteiger partial charge in [0, 0.05) is 13.1 Å². The van der Waals surface area contributed by atoms with E-state index in [1.54, 1.807) is 4.68 Å². The molecule has 0 saturated carbocycles. The van der Waals surface area contributed by atoms with Crippen LogP contribution in [0.2, 0.25) is 0 Å². The van der Waals surface area contributed by atoms with Crippen LogP contribution in [0.3, 0.4) is 0 Å². The molecule has 1 amide bonds. The zero-order chi connectivity index (χ0) is 16.4. The number of likely N-dealkylation sites (tertiary alicyclic amines) is 1. The van der Waals surface area contributed by atoms with Gasteiger partial charge in [0.15, 0.2) is 0 Å². The molecule has 1 aromatic heterocycles. The van der Waals surface area contributed by atoms with E-state index >= 15 is 0 Å². The van der Waals surface area contributed by atoms with E-state index in [0.29, 0.717) is 12.6 Å². The molecule has 3 rings (SSSR count). The number of aryl methyl sites for hydroxylation is 2. The Kier molecular flexibility index (Phi) is 4.48. The average Bonchev–Trinajstić information content (AvgIpc) is 3.08. The summed E-state index contributed by atoms with van der Waals surface area (Å²) in [5.74, 6) is 0.0343. The van der Waals surface area contributed by atoms with Crippen LogP contribution in [-0.4, -0.2) is 33.7 Å². The Bertz CT molecular complexity index is 693. The highest BCUT2D eigenvalue weighted by molar-refractivity contribution is 5.93. The van der Waals surface area contributed by atoms with Gasteiger partial charge < -0.3 is 5.32 Å². The van der Waals surface area contributed by atoms with Gasteiger partial charge in [0.05, 0.1) is 23.6 Å². The van der Waals surface area contributed by atoms with Crippen LogP contribution in [0.25, 0.3) is 0 Å². The molecule has 23 heavy (non-hydrogen) atoms. The van der Waals surface area contributed by atoms with Crippen LogP contribution in [0.4, 0.5) is 5.69 Å². The maximum Gasteiger partial charge on any atom is 0.238 e. The van der Waals surface area contributed by atoms with Gasteiger partial charge in [0.2, 0.25) is 5.91 Å². The molecule has 2 heterocycles. The fraction of sp³-hybridized carbons (Fsp3) is 0.444. The predicted molar refractivity (Wildman–Crippen MR) is 91.3 cm³/mol. The third-order valence-electron chi connectivity index (χ3n) is 4.67. The summed E-state index contributed by atoms with van der Waals surface area (Å²) in [5, 5.41) is 7.38. The van der Waals surface area contributed by atoms with Gasteiger partial charge in [-0.15, -0.1) is 0 Å². The summed E-state index contributed by atoms with van der Waals surface area (Å²) in [7, 11) is 1.89. The molecule has 1 aliphatic rings. The van der Waals surface area contributed by atoms with E-state index in [9.17, 15) is 4.79 Å². The van der Waals surface area contributed by atoms with Crippen LogP contribution in [0.5, 0.6) is 0 Å². The van der Waals surface area contributed by atoms with Crippen LogP contribution in [0.1, 0.15) is 35.8 Å². The first kappa shape index (κ1) is 15.7. The van der Waals surface area contributed by atoms with E-state index in [-0.39, 0.29) is 5.91 Å². The lowest BCUT2D eigenvalue weighted by Crippen LogP contribution is -2.33. The smallest absolute Gasteiger partial charge is 0.238 e. The van der Waals surface area contributed by atoms with Crippen molar-refractivity contribution in [1.29, 1.82) is 0 Å². The van der Waals surface area contributed by atoms with Gasteiger partial charge in [0.1, 0.15) is 0 Å². The van der Waals surface area contributed by atoms with Crippen LogP contribution in [-0.2, 0) is 11.8 Å². The molecule has 1 N–H and O–H groups in total. The van der Waals surface area contributed by atoms with Gasteiger partial charge in [-0.3, -0.25) is 14.4 Å². The number of carbonyl (C=O) groups excluding carboxylic acids is 1. The number of nitrogens with one attached hydrogen (secondary N) is 1. The first-order valence-electron chi connectivity index (χ1n) is 8.15. The van der Waals surface area contributed by atoms with Gasteiger partial charge >= 0.3 is 0 Å². The second-order valence-corrected chi connectivity index (χ2v) is 6.26. The molecule has 1 atom stereocenters. The molecule has 0 spiro atoms. The highest BCUT2D eigenvalue weighted by Gasteiger charge is 2.27. The third-order valence-corrected chi connectivity index (χ3v) is 4.67. The fourth-order valence-electron chi connectivity index (χ4n) is 3.39. The highest BCUT2D eigenvalue weighted by Crippen LogP contribution is 2.31. The van der Waals surface area contributed by atoms with E-state index in [4.69, 9.17) is 0 Å². The Labute approximate surface area is 137 Å². The van der Waals surface area contributed by atoms with Crippen molar-refractivity contribution in [3.8, 4) is 0 Å². The Hall–Kier alpha value is -2.14. The van der Waals surface area contributed by atoms with E-state index in [1.165, 1.54) is 5.56 Å².